The summed E-state index contributed by atoms with van der Waals surface area (Å²) in [7, 11) is -3.57. The van der Waals surface area contributed by atoms with E-state index in [-0.39, 0.29) is 23.0 Å². The van der Waals surface area contributed by atoms with E-state index in [0.29, 0.717) is 0 Å². The molecule has 0 bridgehead atoms. The SMILES string of the molecule is NCc1cc(S(=O)(=O)NC2CCCC2)ccc1F. The number of benzene rings is 1. The van der Waals surface area contributed by atoms with Crippen molar-refractivity contribution in [2.45, 2.75) is 43.2 Å². The van der Waals surface area contributed by atoms with Crippen LogP contribution in [0.1, 0.15) is 31.2 Å². The summed E-state index contributed by atoms with van der Waals surface area (Å²) in [5, 5.41) is 0. The Hall–Kier alpha value is -0.980. The minimum Gasteiger partial charge on any atom is -0.326 e. The molecule has 0 saturated heterocycles. The predicted molar refractivity (Wildman–Crippen MR) is 66.9 cm³/mol. The van der Waals surface area contributed by atoms with Gasteiger partial charge in [0.05, 0.1) is 4.90 Å². The number of sulfonamides is 1. The Kier molecular flexibility index (Phi) is 3.99. The summed E-state index contributed by atoms with van der Waals surface area (Å²) in [6.07, 6.45) is 3.82. The van der Waals surface area contributed by atoms with Crippen molar-refractivity contribution in [3.8, 4) is 0 Å². The molecule has 1 fully saturated rings. The smallest absolute Gasteiger partial charge is 0.240 e. The third-order valence-electron chi connectivity index (χ3n) is 3.22. The molecule has 0 amide bonds. The van der Waals surface area contributed by atoms with Crippen molar-refractivity contribution >= 4 is 10.0 Å². The number of nitrogens with one attached hydrogen (secondary N) is 1. The molecule has 0 spiro atoms. The van der Waals surface area contributed by atoms with Gasteiger partial charge in [0.15, 0.2) is 0 Å². The van der Waals surface area contributed by atoms with Gasteiger partial charge in [-0.1, -0.05) is 12.8 Å². The first-order chi connectivity index (χ1) is 8.53. The van der Waals surface area contributed by atoms with Crippen molar-refractivity contribution in [1.82, 2.24) is 4.72 Å². The van der Waals surface area contributed by atoms with Crippen molar-refractivity contribution in [3.05, 3.63) is 29.6 Å². The molecular formula is C12H17FN2O2S. The Morgan fingerprint density at radius 1 is 1.33 bits per heavy atom. The summed E-state index contributed by atoms with van der Waals surface area (Å²) < 4.78 is 40.1. The maximum atomic E-state index is 13.3. The maximum Gasteiger partial charge on any atom is 0.240 e. The highest BCUT2D eigenvalue weighted by Gasteiger charge is 2.23. The maximum absolute atomic E-state index is 13.3. The van der Waals surface area contributed by atoms with Crippen LogP contribution in [0.2, 0.25) is 0 Å². The fraction of sp³-hybridized carbons (Fsp3) is 0.500. The molecule has 0 atom stereocenters. The second kappa shape index (κ2) is 5.34. The molecule has 3 N–H and O–H groups in total. The second-order valence-corrected chi connectivity index (χ2v) is 6.27. The summed E-state index contributed by atoms with van der Waals surface area (Å²) in [5.41, 5.74) is 5.58. The Balaban J connectivity index is 2.23. The molecule has 1 aromatic rings. The fourth-order valence-corrected chi connectivity index (χ4v) is 3.56. The van der Waals surface area contributed by atoms with E-state index < -0.39 is 15.8 Å². The Morgan fingerprint density at radius 3 is 2.61 bits per heavy atom. The topological polar surface area (TPSA) is 72.2 Å². The first kappa shape index (κ1) is 13.5. The van der Waals surface area contributed by atoms with Crippen LogP contribution in [0.15, 0.2) is 23.1 Å². The lowest BCUT2D eigenvalue weighted by Crippen LogP contribution is -2.32. The normalized spacial score (nSPS) is 17.2. The van der Waals surface area contributed by atoms with Crippen molar-refractivity contribution in [3.63, 3.8) is 0 Å². The third kappa shape index (κ3) is 2.88. The molecular weight excluding hydrogens is 255 g/mol. The van der Waals surface area contributed by atoms with Crippen molar-refractivity contribution in [2.75, 3.05) is 0 Å². The molecule has 0 unspecified atom stereocenters. The second-order valence-electron chi connectivity index (χ2n) is 4.56. The summed E-state index contributed by atoms with van der Waals surface area (Å²) in [5.74, 6) is -0.475. The largest absolute Gasteiger partial charge is 0.326 e. The molecule has 1 aliphatic carbocycles. The zero-order valence-electron chi connectivity index (χ0n) is 10.0. The number of halogens is 1. The Labute approximate surface area is 106 Å². The summed E-state index contributed by atoms with van der Waals surface area (Å²) >= 11 is 0. The van der Waals surface area contributed by atoms with E-state index in [1.165, 1.54) is 12.1 Å². The monoisotopic (exact) mass is 272 g/mol. The van der Waals surface area contributed by atoms with Crippen LogP contribution in [0.3, 0.4) is 0 Å². The van der Waals surface area contributed by atoms with Crippen LogP contribution < -0.4 is 10.5 Å². The first-order valence-corrected chi connectivity index (χ1v) is 7.52. The first-order valence-electron chi connectivity index (χ1n) is 6.04. The fourth-order valence-electron chi connectivity index (χ4n) is 2.21. The average molecular weight is 272 g/mol. The minimum absolute atomic E-state index is 0.00128. The summed E-state index contributed by atoms with van der Waals surface area (Å²) in [6, 6.07) is 3.71. The van der Waals surface area contributed by atoms with Crippen molar-refractivity contribution < 1.29 is 12.8 Å². The highest BCUT2D eigenvalue weighted by molar-refractivity contribution is 7.89. The van der Waals surface area contributed by atoms with E-state index in [0.717, 1.165) is 31.7 Å². The average Bonchev–Trinajstić information content (AvgIpc) is 2.81. The van der Waals surface area contributed by atoms with Gasteiger partial charge < -0.3 is 5.73 Å². The quantitative estimate of drug-likeness (QED) is 0.872. The molecule has 1 aromatic carbocycles. The van der Waals surface area contributed by atoms with E-state index in [1.807, 2.05) is 0 Å². The Morgan fingerprint density at radius 2 is 2.00 bits per heavy atom. The third-order valence-corrected chi connectivity index (χ3v) is 4.74. The van der Waals surface area contributed by atoms with E-state index >= 15 is 0 Å². The van der Waals surface area contributed by atoms with Gasteiger partial charge in [0.25, 0.3) is 0 Å². The zero-order chi connectivity index (χ0) is 13.2. The van der Waals surface area contributed by atoms with E-state index in [4.69, 9.17) is 5.73 Å². The van der Waals surface area contributed by atoms with Crippen LogP contribution in [-0.2, 0) is 16.6 Å². The van der Waals surface area contributed by atoms with Crippen LogP contribution >= 0.6 is 0 Å². The van der Waals surface area contributed by atoms with Crippen molar-refractivity contribution in [1.29, 1.82) is 0 Å². The summed E-state index contributed by atoms with van der Waals surface area (Å²) in [6.45, 7) is -0.0153. The van der Waals surface area contributed by atoms with Crippen LogP contribution in [0, 0.1) is 5.82 Å². The van der Waals surface area contributed by atoms with Gasteiger partial charge in [-0.3, -0.25) is 0 Å². The van der Waals surface area contributed by atoms with Gasteiger partial charge in [0.2, 0.25) is 10.0 Å². The number of rotatable bonds is 4. The van der Waals surface area contributed by atoms with Gasteiger partial charge >= 0.3 is 0 Å². The number of hydrogen-bond acceptors (Lipinski definition) is 3. The molecule has 0 aliphatic heterocycles. The van der Waals surface area contributed by atoms with Gasteiger partial charge in [-0.15, -0.1) is 0 Å². The molecule has 1 aliphatic rings. The molecule has 6 heteroatoms. The Bertz CT molecular complexity index is 525. The highest BCUT2D eigenvalue weighted by Crippen LogP contribution is 2.21. The van der Waals surface area contributed by atoms with Gasteiger partial charge in [0.1, 0.15) is 5.82 Å². The number of nitrogens with two attached hydrogens (primary N) is 1. The zero-order valence-corrected chi connectivity index (χ0v) is 10.8. The van der Waals surface area contributed by atoms with E-state index in [1.54, 1.807) is 0 Å². The molecule has 0 aromatic heterocycles. The minimum atomic E-state index is -3.57. The molecule has 1 saturated carbocycles. The molecule has 2 rings (SSSR count). The molecule has 18 heavy (non-hydrogen) atoms. The molecule has 0 heterocycles. The van der Waals surface area contributed by atoms with Crippen LogP contribution in [-0.4, -0.2) is 14.5 Å². The van der Waals surface area contributed by atoms with Gasteiger partial charge in [-0.05, 0) is 31.0 Å². The molecule has 4 nitrogen and oxygen atoms in total. The standard InChI is InChI=1S/C12H17FN2O2S/c13-12-6-5-11(7-9(12)8-14)18(16,17)15-10-3-1-2-4-10/h5-7,10,15H,1-4,8,14H2. The van der Waals surface area contributed by atoms with Crippen LogP contribution in [0.4, 0.5) is 4.39 Å². The van der Waals surface area contributed by atoms with Crippen LogP contribution in [0.5, 0.6) is 0 Å². The lowest BCUT2D eigenvalue weighted by Gasteiger charge is -2.13. The van der Waals surface area contributed by atoms with E-state index in [9.17, 15) is 12.8 Å². The van der Waals surface area contributed by atoms with Gasteiger partial charge in [-0.2, -0.15) is 0 Å². The van der Waals surface area contributed by atoms with Crippen molar-refractivity contribution in [2.24, 2.45) is 5.73 Å². The number of hydrogen-bond donors (Lipinski definition) is 2. The summed E-state index contributed by atoms with van der Waals surface area (Å²) in [4.78, 5) is 0.0799. The highest BCUT2D eigenvalue weighted by atomic mass is 32.2. The van der Waals surface area contributed by atoms with Gasteiger partial charge in [0, 0.05) is 18.2 Å². The lowest BCUT2D eigenvalue weighted by molar-refractivity contribution is 0.551. The van der Waals surface area contributed by atoms with Gasteiger partial charge in [-0.25, -0.2) is 17.5 Å². The van der Waals surface area contributed by atoms with E-state index in [2.05, 4.69) is 4.72 Å². The molecule has 100 valence electrons. The molecule has 0 radical (unpaired) electrons. The lowest BCUT2D eigenvalue weighted by atomic mass is 10.2. The van der Waals surface area contributed by atoms with Crippen LogP contribution in [0.25, 0.3) is 0 Å². The predicted octanol–water partition coefficient (Wildman–Crippen LogP) is 1.51.